The van der Waals surface area contributed by atoms with Gasteiger partial charge in [0.1, 0.15) is 5.41 Å². The van der Waals surface area contributed by atoms with Crippen LogP contribution in [0.25, 0.3) is 0 Å². The van der Waals surface area contributed by atoms with Gasteiger partial charge in [-0.25, -0.2) is 0 Å². The molecular formula is C13H14BrNO3. The third-order valence-electron chi connectivity index (χ3n) is 3.31. The zero-order valence-electron chi connectivity index (χ0n) is 10.00. The molecule has 0 radical (unpaired) electrons. The van der Waals surface area contributed by atoms with Crippen molar-refractivity contribution in [1.82, 2.24) is 5.32 Å². The second-order valence-corrected chi connectivity index (χ2v) is 5.41. The monoisotopic (exact) mass is 311 g/mol. The Bertz CT molecular complexity index is 509. The lowest BCUT2D eigenvalue weighted by Crippen LogP contribution is -2.36. The van der Waals surface area contributed by atoms with Crippen molar-refractivity contribution in [2.75, 3.05) is 0 Å². The van der Waals surface area contributed by atoms with Crippen LogP contribution in [0.2, 0.25) is 0 Å². The van der Waals surface area contributed by atoms with Crippen LogP contribution in [0.4, 0.5) is 0 Å². The molecular weight excluding hydrogens is 298 g/mol. The molecule has 0 spiro atoms. The Labute approximate surface area is 114 Å². The van der Waals surface area contributed by atoms with Gasteiger partial charge in [0.25, 0.3) is 0 Å². The normalized spacial score (nSPS) is 16.1. The van der Waals surface area contributed by atoms with E-state index in [1.54, 1.807) is 0 Å². The van der Waals surface area contributed by atoms with E-state index < -0.39 is 11.4 Å². The number of benzene rings is 1. The van der Waals surface area contributed by atoms with Crippen LogP contribution in [0.3, 0.4) is 0 Å². The Balaban J connectivity index is 2.02. The highest BCUT2D eigenvalue weighted by molar-refractivity contribution is 9.10. The Morgan fingerprint density at radius 1 is 1.44 bits per heavy atom. The van der Waals surface area contributed by atoms with Crippen LogP contribution in [0.15, 0.2) is 22.7 Å². The number of amides is 1. The molecule has 0 bridgehead atoms. The maximum atomic E-state index is 11.8. The van der Waals surface area contributed by atoms with Crippen molar-refractivity contribution in [2.45, 2.75) is 26.3 Å². The van der Waals surface area contributed by atoms with Crippen molar-refractivity contribution in [3.63, 3.8) is 0 Å². The molecule has 18 heavy (non-hydrogen) atoms. The number of carbonyl (C=O) groups excluding carboxylic acids is 1. The fourth-order valence-corrected chi connectivity index (χ4v) is 2.26. The number of carboxylic acids is 1. The van der Waals surface area contributed by atoms with Crippen LogP contribution in [-0.4, -0.2) is 17.0 Å². The van der Waals surface area contributed by atoms with E-state index in [0.29, 0.717) is 19.4 Å². The van der Waals surface area contributed by atoms with Gasteiger partial charge in [0.2, 0.25) is 5.91 Å². The lowest BCUT2D eigenvalue weighted by atomic mass is 10.1. The van der Waals surface area contributed by atoms with Crippen molar-refractivity contribution < 1.29 is 14.7 Å². The molecule has 1 aliphatic carbocycles. The predicted molar refractivity (Wildman–Crippen MR) is 70.0 cm³/mol. The molecule has 2 N–H and O–H groups in total. The zero-order chi connectivity index (χ0) is 13.3. The minimum Gasteiger partial charge on any atom is -0.480 e. The van der Waals surface area contributed by atoms with Gasteiger partial charge in [0, 0.05) is 11.0 Å². The summed E-state index contributed by atoms with van der Waals surface area (Å²) in [7, 11) is 0. The third-order valence-corrected chi connectivity index (χ3v) is 4.44. The first-order chi connectivity index (χ1) is 8.47. The summed E-state index contributed by atoms with van der Waals surface area (Å²) in [5, 5.41) is 11.7. The lowest BCUT2D eigenvalue weighted by Gasteiger charge is -2.12. The van der Waals surface area contributed by atoms with Crippen LogP contribution in [-0.2, 0) is 16.1 Å². The first-order valence-electron chi connectivity index (χ1n) is 5.73. The summed E-state index contributed by atoms with van der Waals surface area (Å²) in [5.41, 5.74) is 0.863. The number of rotatable bonds is 4. The minimum absolute atomic E-state index is 0.343. The number of halogens is 1. The molecule has 0 atom stereocenters. The zero-order valence-corrected chi connectivity index (χ0v) is 11.6. The van der Waals surface area contributed by atoms with E-state index in [1.165, 1.54) is 0 Å². The summed E-state index contributed by atoms with van der Waals surface area (Å²) >= 11 is 3.46. The Morgan fingerprint density at radius 2 is 2.11 bits per heavy atom. The number of aliphatic carboxylic acids is 1. The fourth-order valence-electron chi connectivity index (χ4n) is 1.85. The van der Waals surface area contributed by atoms with Crippen molar-refractivity contribution in [3.8, 4) is 0 Å². The molecule has 0 saturated heterocycles. The molecule has 1 fully saturated rings. The van der Waals surface area contributed by atoms with E-state index in [9.17, 15) is 9.59 Å². The highest BCUT2D eigenvalue weighted by atomic mass is 79.9. The highest BCUT2D eigenvalue weighted by Crippen LogP contribution is 2.46. The summed E-state index contributed by atoms with van der Waals surface area (Å²) in [5.74, 6) is -1.41. The van der Waals surface area contributed by atoms with E-state index in [1.807, 2.05) is 25.1 Å². The number of aryl methyl sites for hydroxylation is 1. The molecule has 0 heterocycles. The third kappa shape index (κ3) is 2.27. The molecule has 5 heteroatoms. The van der Waals surface area contributed by atoms with Gasteiger partial charge >= 0.3 is 5.97 Å². The summed E-state index contributed by atoms with van der Waals surface area (Å²) < 4.78 is 0.950. The molecule has 1 saturated carbocycles. The lowest BCUT2D eigenvalue weighted by molar-refractivity contribution is -0.149. The van der Waals surface area contributed by atoms with Crippen LogP contribution in [0.1, 0.15) is 24.0 Å². The maximum absolute atomic E-state index is 11.8. The summed E-state index contributed by atoms with van der Waals surface area (Å²) in [6.07, 6.45) is 0.867. The number of carbonyl (C=O) groups is 2. The van der Waals surface area contributed by atoms with Crippen LogP contribution in [0.5, 0.6) is 0 Å². The average molecular weight is 312 g/mol. The molecule has 0 aromatic heterocycles. The van der Waals surface area contributed by atoms with E-state index in [0.717, 1.165) is 15.6 Å². The Morgan fingerprint density at radius 3 is 2.67 bits per heavy atom. The van der Waals surface area contributed by atoms with Gasteiger partial charge in [-0.3, -0.25) is 9.59 Å². The predicted octanol–water partition coefficient (Wildman–Crippen LogP) is 2.24. The second-order valence-electron chi connectivity index (χ2n) is 4.62. The summed E-state index contributed by atoms with van der Waals surface area (Å²) in [6, 6.07) is 5.78. The van der Waals surface area contributed by atoms with E-state index >= 15 is 0 Å². The summed E-state index contributed by atoms with van der Waals surface area (Å²) in [6.45, 7) is 2.31. The first kappa shape index (κ1) is 13.1. The van der Waals surface area contributed by atoms with E-state index in [-0.39, 0.29) is 5.91 Å². The minimum atomic E-state index is -1.17. The van der Waals surface area contributed by atoms with E-state index in [4.69, 9.17) is 5.11 Å². The average Bonchev–Trinajstić information content (AvgIpc) is 3.12. The molecule has 1 aromatic rings. The number of hydrogen-bond acceptors (Lipinski definition) is 2. The number of nitrogens with one attached hydrogen (secondary N) is 1. The molecule has 1 amide bonds. The van der Waals surface area contributed by atoms with Crippen molar-refractivity contribution in [2.24, 2.45) is 5.41 Å². The quantitative estimate of drug-likeness (QED) is 0.838. The maximum Gasteiger partial charge on any atom is 0.319 e. The van der Waals surface area contributed by atoms with Gasteiger partial charge in [-0.15, -0.1) is 0 Å². The number of carboxylic acid groups (broad SMARTS) is 1. The topological polar surface area (TPSA) is 66.4 Å². The number of hydrogen-bond donors (Lipinski definition) is 2. The van der Waals surface area contributed by atoms with Gasteiger partial charge < -0.3 is 10.4 Å². The van der Waals surface area contributed by atoms with E-state index in [2.05, 4.69) is 21.2 Å². The van der Waals surface area contributed by atoms with Gasteiger partial charge in [0.15, 0.2) is 0 Å². The molecule has 4 nitrogen and oxygen atoms in total. The Kier molecular flexibility index (Phi) is 3.43. The first-order valence-corrected chi connectivity index (χ1v) is 6.52. The Hall–Kier alpha value is -1.36. The van der Waals surface area contributed by atoms with Crippen molar-refractivity contribution >= 4 is 27.8 Å². The SMILES string of the molecule is Cc1cccc(CNC(=O)C2(C(=O)O)CC2)c1Br. The smallest absolute Gasteiger partial charge is 0.319 e. The van der Waals surface area contributed by atoms with Crippen LogP contribution in [0, 0.1) is 12.3 Å². The second kappa shape index (κ2) is 4.72. The molecule has 96 valence electrons. The molecule has 2 rings (SSSR count). The van der Waals surface area contributed by atoms with Gasteiger partial charge in [0.05, 0.1) is 0 Å². The van der Waals surface area contributed by atoms with Gasteiger partial charge in [-0.2, -0.15) is 0 Å². The van der Waals surface area contributed by atoms with Crippen molar-refractivity contribution in [3.05, 3.63) is 33.8 Å². The van der Waals surface area contributed by atoms with Crippen LogP contribution >= 0.6 is 15.9 Å². The molecule has 0 aliphatic heterocycles. The largest absolute Gasteiger partial charge is 0.480 e. The van der Waals surface area contributed by atoms with Crippen LogP contribution < -0.4 is 5.32 Å². The summed E-state index contributed by atoms with van der Waals surface area (Å²) in [4.78, 5) is 22.8. The van der Waals surface area contributed by atoms with Gasteiger partial charge in [-0.1, -0.05) is 34.1 Å². The van der Waals surface area contributed by atoms with Gasteiger partial charge in [-0.05, 0) is 30.9 Å². The molecule has 1 aliphatic rings. The standard InChI is InChI=1S/C13H14BrNO3/c1-8-3-2-4-9(10(8)14)7-15-11(16)13(5-6-13)12(17)18/h2-4H,5-7H2,1H3,(H,15,16)(H,17,18). The van der Waals surface area contributed by atoms with Crippen molar-refractivity contribution in [1.29, 1.82) is 0 Å². The molecule has 1 aromatic carbocycles. The fraction of sp³-hybridized carbons (Fsp3) is 0.385. The molecule has 0 unspecified atom stereocenters. The highest BCUT2D eigenvalue weighted by Gasteiger charge is 2.56.